The summed E-state index contributed by atoms with van der Waals surface area (Å²) in [7, 11) is 1.53. The number of hydrogen-bond donors (Lipinski definition) is 3. The lowest BCUT2D eigenvalue weighted by atomic mass is 10.2. The molecule has 7 heteroatoms. The van der Waals surface area contributed by atoms with Crippen molar-refractivity contribution in [3.8, 4) is 5.75 Å². The fraction of sp³-hybridized carbons (Fsp3) is 0.300. The summed E-state index contributed by atoms with van der Waals surface area (Å²) in [6.45, 7) is 1.69. The Kier molecular flexibility index (Phi) is 5.59. The van der Waals surface area contributed by atoms with E-state index in [1.165, 1.54) is 25.3 Å². The molecule has 3 rings (SSSR count). The maximum Gasteiger partial charge on any atom is 0.246 e. The molecule has 2 aromatic carbocycles. The van der Waals surface area contributed by atoms with Crippen LogP contribution in [-0.4, -0.2) is 25.0 Å². The SMILES string of the molecule is COc1ccccc1NC(=O)C(C)Nc1ccc(F)c(NC(=O)C2CC2)c1. The molecule has 1 aliphatic carbocycles. The van der Waals surface area contributed by atoms with Crippen molar-refractivity contribution in [2.45, 2.75) is 25.8 Å². The van der Waals surface area contributed by atoms with Crippen LogP contribution in [0, 0.1) is 11.7 Å². The third kappa shape index (κ3) is 4.75. The molecule has 6 nitrogen and oxygen atoms in total. The van der Waals surface area contributed by atoms with E-state index in [4.69, 9.17) is 4.74 Å². The van der Waals surface area contributed by atoms with Crippen LogP contribution in [0.1, 0.15) is 19.8 Å². The van der Waals surface area contributed by atoms with Gasteiger partial charge in [0.2, 0.25) is 11.8 Å². The van der Waals surface area contributed by atoms with Crippen LogP contribution in [0.2, 0.25) is 0 Å². The quantitative estimate of drug-likeness (QED) is 0.695. The molecule has 0 aromatic heterocycles. The molecule has 0 bridgehead atoms. The van der Waals surface area contributed by atoms with Crippen molar-refractivity contribution in [2.24, 2.45) is 5.92 Å². The average molecular weight is 371 g/mol. The molecular weight excluding hydrogens is 349 g/mol. The van der Waals surface area contributed by atoms with Gasteiger partial charge in [-0.1, -0.05) is 12.1 Å². The molecule has 0 saturated heterocycles. The zero-order valence-corrected chi connectivity index (χ0v) is 15.2. The summed E-state index contributed by atoms with van der Waals surface area (Å²) in [4.78, 5) is 24.3. The van der Waals surface area contributed by atoms with E-state index in [1.54, 1.807) is 25.1 Å². The standard InChI is InChI=1S/C20H22FN3O3/c1-12(19(25)23-16-5-3-4-6-18(16)27-2)22-14-9-10-15(21)17(11-14)24-20(26)13-7-8-13/h3-6,9-13,22H,7-8H2,1-2H3,(H,23,25)(H,24,26). The second-order valence-corrected chi connectivity index (χ2v) is 6.51. The molecule has 2 amide bonds. The number of hydrogen-bond acceptors (Lipinski definition) is 4. The van der Waals surface area contributed by atoms with Gasteiger partial charge in [0.15, 0.2) is 0 Å². The molecule has 0 heterocycles. The minimum absolute atomic E-state index is 0.0217. The van der Waals surface area contributed by atoms with Crippen LogP contribution in [0.5, 0.6) is 5.75 Å². The van der Waals surface area contributed by atoms with Crippen LogP contribution < -0.4 is 20.7 Å². The molecule has 3 N–H and O–H groups in total. The lowest BCUT2D eigenvalue weighted by Gasteiger charge is -2.17. The van der Waals surface area contributed by atoms with Crippen molar-refractivity contribution in [1.29, 1.82) is 0 Å². The third-order valence-corrected chi connectivity index (χ3v) is 4.31. The highest BCUT2D eigenvalue weighted by Crippen LogP contribution is 2.31. The Morgan fingerprint density at radius 1 is 1.11 bits per heavy atom. The molecule has 1 fully saturated rings. The maximum atomic E-state index is 13.9. The van der Waals surface area contributed by atoms with Gasteiger partial charge >= 0.3 is 0 Å². The summed E-state index contributed by atoms with van der Waals surface area (Å²) < 4.78 is 19.2. The van der Waals surface area contributed by atoms with Crippen LogP contribution in [0.25, 0.3) is 0 Å². The highest BCUT2D eigenvalue weighted by Gasteiger charge is 2.30. The maximum absolute atomic E-state index is 13.9. The first-order valence-electron chi connectivity index (χ1n) is 8.78. The normalized spacial score (nSPS) is 14.2. The Morgan fingerprint density at radius 2 is 1.85 bits per heavy atom. The molecule has 0 radical (unpaired) electrons. The summed E-state index contributed by atoms with van der Waals surface area (Å²) in [5.74, 6) is -0.419. The smallest absolute Gasteiger partial charge is 0.246 e. The van der Waals surface area contributed by atoms with E-state index >= 15 is 0 Å². The number of halogens is 1. The first-order valence-corrected chi connectivity index (χ1v) is 8.78. The fourth-order valence-corrected chi connectivity index (χ4v) is 2.60. The number of ether oxygens (including phenoxy) is 1. The number of carbonyl (C=O) groups excluding carboxylic acids is 2. The molecule has 1 unspecified atom stereocenters. The van der Waals surface area contributed by atoms with Gasteiger partial charge in [0.05, 0.1) is 18.5 Å². The molecule has 1 atom stereocenters. The first kappa shape index (κ1) is 18.7. The van der Waals surface area contributed by atoms with Crippen molar-refractivity contribution in [3.63, 3.8) is 0 Å². The number of carbonyl (C=O) groups is 2. The number of para-hydroxylation sites is 2. The van der Waals surface area contributed by atoms with Gasteiger partial charge in [0.1, 0.15) is 17.6 Å². The Hall–Kier alpha value is -3.09. The summed E-state index contributed by atoms with van der Waals surface area (Å²) in [6, 6.07) is 10.8. The van der Waals surface area contributed by atoms with E-state index in [1.807, 2.05) is 6.07 Å². The van der Waals surface area contributed by atoms with E-state index in [0.29, 0.717) is 17.1 Å². The summed E-state index contributed by atoms with van der Waals surface area (Å²) in [5, 5.41) is 8.41. The lowest BCUT2D eigenvalue weighted by molar-refractivity contribution is -0.117. The van der Waals surface area contributed by atoms with E-state index in [2.05, 4.69) is 16.0 Å². The molecule has 0 aliphatic heterocycles. The van der Waals surface area contributed by atoms with Gasteiger partial charge in [-0.2, -0.15) is 0 Å². The van der Waals surface area contributed by atoms with E-state index in [0.717, 1.165) is 12.8 Å². The van der Waals surface area contributed by atoms with Gasteiger partial charge in [0, 0.05) is 11.6 Å². The van der Waals surface area contributed by atoms with Crippen molar-refractivity contribution < 1.29 is 18.7 Å². The van der Waals surface area contributed by atoms with Crippen molar-refractivity contribution in [3.05, 3.63) is 48.3 Å². The van der Waals surface area contributed by atoms with Gasteiger partial charge in [-0.25, -0.2) is 4.39 Å². The highest BCUT2D eigenvalue weighted by molar-refractivity contribution is 5.98. The molecule has 0 spiro atoms. The predicted molar refractivity (Wildman–Crippen MR) is 102 cm³/mol. The Morgan fingerprint density at radius 3 is 2.56 bits per heavy atom. The zero-order valence-electron chi connectivity index (χ0n) is 15.2. The lowest BCUT2D eigenvalue weighted by Crippen LogP contribution is -2.32. The molecule has 2 aromatic rings. The monoisotopic (exact) mass is 371 g/mol. The summed E-state index contributed by atoms with van der Waals surface area (Å²) in [6.07, 6.45) is 1.68. The fourth-order valence-electron chi connectivity index (χ4n) is 2.60. The topological polar surface area (TPSA) is 79.5 Å². The van der Waals surface area contributed by atoms with Gasteiger partial charge in [-0.3, -0.25) is 9.59 Å². The molecule has 1 saturated carbocycles. The van der Waals surface area contributed by atoms with Crippen LogP contribution in [0.15, 0.2) is 42.5 Å². The number of anilines is 3. The second kappa shape index (κ2) is 8.07. The Balaban J connectivity index is 1.65. The largest absolute Gasteiger partial charge is 0.495 e. The minimum Gasteiger partial charge on any atom is -0.495 e. The van der Waals surface area contributed by atoms with Crippen LogP contribution in [0.3, 0.4) is 0 Å². The van der Waals surface area contributed by atoms with Gasteiger partial charge in [0.25, 0.3) is 0 Å². The number of benzene rings is 2. The number of rotatable bonds is 7. The highest BCUT2D eigenvalue weighted by atomic mass is 19.1. The molecule has 142 valence electrons. The van der Waals surface area contributed by atoms with E-state index < -0.39 is 11.9 Å². The van der Waals surface area contributed by atoms with E-state index in [9.17, 15) is 14.0 Å². The van der Waals surface area contributed by atoms with Gasteiger partial charge < -0.3 is 20.7 Å². The van der Waals surface area contributed by atoms with Gasteiger partial charge in [-0.05, 0) is 50.1 Å². The van der Waals surface area contributed by atoms with Crippen LogP contribution >= 0.6 is 0 Å². The minimum atomic E-state index is -0.590. The zero-order chi connectivity index (χ0) is 19.4. The Labute approximate surface area is 157 Å². The third-order valence-electron chi connectivity index (χ3n) is 4.31. The van der Waals surface area contributed by atoms with Crippen molar-refractivity contribution >= 4 is 28.9 Å². The summed E-state index contributed by atoms with van der Waals surface area (Å²) >= 11 is 0. The number of methoxy groups -OCH3 is 1. The Bertz CT molecular complexity index is 852. The van der Waals surface area contributed by atoms with E-state index in [-0.39, 0.29) is 23.4 Å². The molecule has 27 heavy (non-hydrogen) atoms. The second-order valence-electron chi connectivity index (χ2n) is 6.51. The summed E-state index contributed by atoms with van der Waals surface area (Å²) in [5.41, 5.74) is 1.20. The van der Waals surface area contributed by atoms with Gasteiger partial charge in [-0.15, -0.1) is 0 Å². The predicted octanol–water partition coefficient (Wildman–Crippen LogP) is 3.62. The number of amides is 2. The van der Waals surface area contributed by atoms with Crippen molar-refractivity contribution in [1.82, 2.24) is 0 Å². The van der Waals surface area contributed by atoms with Crippen LogP contribution in [-0.2, 0) is 9.59 Å². The molecule has 1 aliphatic rings. The van der Waals surface area contributed by atoms with Crippen molar-refractivity contribution in [2.75, 3.05) is 23.1 Å². The van der Waals surface area contributed by atoms with Crippen LogP contribution in [0.4, 0.5) is 21.5 Å². The average Bonchev–Trinajstić information content (AvgIpc) is 3.50. The first-order chi connectivity index (χ1) is 13.0. The number of nitrogens with one attached hydrogen (secondary N) is 3. The molecular formula is C20H22FN3O3.